The third-order valence-electron chi connectivity index (χ3n) is 2.97. The lowest BCUT2D eigenvalue weighted by Crippen LogP contribution is -2.28. The van der Waals surface area contributed by atoms with Gasteiger partial charge in [-0.3, -0.25) is 4.98 Å². The Bertz CT molecular complexity index is 311. The lowest BCUT2D eigenvalue weighted by molar-refractivity contribution is 0.446. The molecule has 1 heterocycles. The van der Waals surface area contributed by atoms with Gasteiger partial charge < -0.3 is 11.1 Å². The summed E-state index contributed by atoms with van der Waals surface area (Å²) in [7, 11) is 0. The summed E-state index contributed by atoms with van der Waals surface area (Å²) in [5, 5.41) is 3.54. The first-order valence-electron chi connectivity index (χ1n) is 5.79. The maximum atomic E-state index is 5.48. The lowest BCUT2D eigenvalue weighted by Gasteiger charge is -2.25. The average Bonchev–Trinajstić information content (AvgIpc) is 2.30. The third-order valence-corrected chi connectivity index (χ3v) is 2.97. The molecule has 0 bridgehead atoms. The molecule has 1 aromatic rings. The summed E-state index contributed by atoms with van der Waals surface area (Å²) in [5.74, 6) is 0. The maximum absolute atomic E-state index is 5.48. The van der Waals surface area contributed by atoms with Crippen LogP contribution in [0.1, 0.15) is 36.6 Å². The summed E-state index contributed by atoms with van der Waals surface area (Å²) in [6, 6.07) is 4.67. The summed E-state index contributed by atoms with van der Waals surface area (Å²) < 4.78 is 0. The Hall–Kier alpha value is -0.930. The van der Waals surface area contributed by atoms with Crippen molar-refractivity contribution in [3.05, 3.63) is 29.6 Å². The Labute approximate surface area is 91.1 Å². The number of pyridine rings is 1. The maximum Gasteiger partial charge on any atom is 0.0605 e. The standard InChI is InChI=1S/C12H19N3/c13-7-3-9-14-11-6-1-4-10-5-2-8-15-12(10)11/h2,5,8,11,14H,1,3-4,6-7,9,13H2. The van der Waals surface area contributed by atoms with Crippen molar-refractivity contribution in [3.63, 3.8) is 0 Å². The molecule has 0 radical (unpaired) electrons. The first-order chi connectivity index (χ1) is 7.42. The van der Waals surface area contributed by atoms with Crippen LogP contribution in [-0.4, -0.2) is 18.1 Å². The second kappa shape index (κ2) is 5.24. The largest absolute Gasteiger partial charge is 0.330 e. The number of nitrogens with zero attached hydrogens (tertiary/aromatic N) is 1. The fourth-order valence-corrected chi connectivity index (χ4v) is 2.19. The minimum Gasteiger partial charge on any atom is -0.330 e. The van der Waals surface area contributed by atoms with Crippen LogP contribution in [0, 0.1) is 0 Å². The molecule has 0 fully saturated rings. The second-order valence-corrected chi connectivity index (χ2v) is 4.09. The summed E-state index contributed by atoms with van der Waals surface area (Å²) >= 11 is 0. The molecular weight excluding hydrogens is 186 g/mol. The van der Waals surface area contributed by atoms with E-state index in [4.69, 9.17) is 5.73 Å². The van der Waals surface area contributed by atoms with E-state index in [-0.39, 0.29) is 0 Å². The molecule has 0 aliphatic heterocycles. The zero-order chi connectivity index (χ0) is 10.5. The van der Waals surface area contributed by atoms with Gasteiger partial charge in [-0.1, -0.05) is 6.07 Å². The van der Waals surface area contributed by atoms with Crippen LogP contribution in [0.15, 0.2) is 18.3 Å². The first-order valence-corrected chi connectivity index (χ1v) is 5.79. The van der Waals surface area contributed by atoms with Crippen molar-refractivity contribution in [2.24, 2.45) is 5.73 Å². The molecule has 0 spiro atoms. The minimum atomic E-state index is 0.446. The molecule has 1 unspecified atom stereocenters. The average molecular weight is 205 g/mol. The Kier molecular flexibility index (Phi) is 3.69. The smallest absolute Gasteiger partial charge is 0.0605 e. The van der Waals surface area contributed by atoms with Crippen molar-refractivity contribution in [2.45, 2.75) is 31.7 Å². The molecule has 0 amide bonds. The number of aromatic nitrogens is 1. The minimum absolute atomic E-state index is 0.446. The monoisotopic (exact) mass is 205 g/mol. The van der Waals surface area contributed by atoms with Gasteiger partial charge in [0.1, 0.15) is 0 Å². The number of hydrogen-bond acceptors (Lipinski definition) is 3. The quantitative estimate of drug-likeness (QED) is 0.730. The number of hydrogen-bond donors (Lipinski definition) is 2. The fourth-order valence-electron chi connectivity index (χ4n) is 2.19. The number of fused-ring (bicyclic) bond motifs is 1. The van der Waals surface area contributed by atoms with Gasteiger partial charge in [-0.2, -0.15) is 0 Å². The highest BCUT2D eigenvalue weighted by Gasteiger charge is 2.19. The fraction of sp³-hybridized carbons (Fsp3) is 0.583. The Morgan fingerprint density at radius 2 is 2.47 bits per heavy atom. The van der Waals surface area contributed by atoms with E-state index in [0.29, 0.717) is 6.04 Å². The van der Waals surface area contributed by atoms with Gasteiger partial charge in [0.15, 0.2) is 0 Å². The Morgan fingerprint density at radius 1 is 1.53 bits per heavy atom. The Balaban J connectivity index is 2.02. The van der Waals surface area contributed by atoms with Gasteiger partial charge in [-0.25, -0.2) is 0 Å². The zero-order valence-corrected chi connectivity index (χ0v) is 9.08. The zero-order valence-electron chi connectivity index (χ0n) is 9.08. The van der Waals surface area contributed by atoms with Gasteiger partial charge in [-0.15, -0.1) is 0 Å². The number of rotatable bonds is 4. The van der Waals surface area contributed by atoms with Gasteiger partial charge in [-0.05, 0) is 50.4 Å². The summed E-state index contributed by atoms with van der Waals surface area (Å²) in [5.41, 5.74) is 8.14. The summed E-state index contributed by atoms with van der Waals surface area (Å²) in [4.78, 5) is 4.49. The van der Waals surface area contributed by atoms with E-state index >= 15 is 0 Å². The molecule has 0 saturated carbocycles. The highest BCUT2D eigenvalue weighted by atomic mass is 14.9. The van der Waals surface area contributed by atoms with Gasteiger partial charge in [0.05, 0.1) is 5.69 Å². The van der Waals surface area contributed by atoms with Crippen LogP contribution >= 0.6 is 0 Å². The molecule has 3 N–H and O–H groups in total. The normalized spacial score (nSPS) is 19.9. The predicted octanol–water partition coefficient (Wildman–Crippen LogP) is 1.40. The topological polar surface area (TPSA) is 50.9 Å². The van der Waals surface area contributed by atoms with Crippen LogP contribution in [0.3, 0.4) is 0 Å². The van der Waals surface area contributed by atoms with E-state index < -0.39 is 0 Å². The van der Waals surface area contributed by atoms with Gasteiger partial charge in [0, 0.05) is 12.2 Å². The van der Waals surface area contributed by atoms with Crippen LogP contribution in [-0.2, 0) is 6.42 Å². The van der Waals surface area contributed by atoms with Gasteiger partial charge in [0.25, 0.3) is 0 Å². The molecule has 0 saturated heterocycles. The van der Waals surface area contributed by atoms with Gasteiger partial charge in [0.2, 0.25) is 0 Å². The highest BCUT2D eigenvalue weighted by Crippen LogP contribution is 2.27. The molecule has 1 aliphatic carbocycles. The van der Waals surface area contributed by atoms with Crippen molar-refractivity contribution in [3.8, 4) is 0 Å². The molecule has 2 rings (SSSR count). The van der Waals surface area contributed by atoms with Crippen LogP contribution in [0.25, 0.3) is 0 Å². The predicted molar refractivity (Wildman–Crippen MR) is 61.6 cm³/mol. The van der Waals surface area contributed by atoms with E-state index in [0.717, 1.165) is 19.5 Å². The SMILES string of the molecule is NCCCNC1CCCc2cccnc21. The summed E-state index contributed by atoms with van der Waals surface area (Å²) in [6.07, 6.45) is 6.58. The lowest BCUT2D eigenvalue weighted by atomic mass is 9.92. The van der Waals surface area contributed by atoms with Crippen molar-refractivity contribution in [1.29, 1.82) is 0 Å². The van der Waals surface area contributed by atoms with Crippen molar-refractivity contribution < 1.29 is 0 Å². The van der Waals surface area contributed by atoms with Crippen LogP contribution in [0.4, 0.5) is 0 Å². The summed E-state index contributed by atoms with van der Waals surface area (Å²) in [6.45, 7) is 1.76. The molecule has 15 heavy (non-hydrogen) atoms. The molecule has 3 nitrogen and oxygen atoms in total. The molecule has 1 atom stereocenters. The Morgan fingerprint density at radius 3 is 3.33 bits per heavy atom. The molecule has 1 aliphatic rings. The van der Waals surface area contributed by atoms with Crippen LogP contribution in [0.5, 0.6) is 0 Å². The van der Waals surface area contributed by atoms with E-state index in [1.165, 1.54) is 30.5 Å². The van der Waals surface area contributed by atoms with Crippen molar-refractivity contribution >= 4 is 0 Å². The second-order valence-electron chi connectivity index (χ2n) is 4.09. The number of nitrogens with two attached hydrogens (primary N) is 1. The molecule has 0 aromatic carbocycles. The van der Waals surface area contributed by atoms with E-state index in [1.807, 2.05) is 12.3 Å². The highest BCUT2D eigenvalue weighted by molar-refractivity contribution is 5.25. The third kappa shape index (κ3) is 2.55. The van der Waals surface area contributed by atoms with Crippen molar-refractivity contribution in [2.75, 3.05) is 13.1 Å². The van der Waals surface area contributed by atoms with E-state index in [9.17, 15) is 0 Å². The van der Waals surface area contributed by atoms with E-state index in [2.05, 4.69) is 16.4 Å². The number of nitrogens with one attached hydrogen (secondary N) is 1. The van der Waals surface area contributed by atoms with Crippen LogP contribution in [0.2, 0.25) is 0 Å². The molecule has 82 valence electrons. The van der Waals surface area contributed by atoms with Gasteiger partial charge >= 0.3 is 0 Å². The van der Waals surface area contributed by atoms with Crippen LogP contribution < -0.4 is 11.1 Å². The molecule has 3 heteroatoms. The molecule has 1 aromatic heterocycles. The molecular formula is C12H19N3. The number of aryl methyl sites for hydroxylation is 1. The first kappa shape index (κ1) is 10.6. The van der Waals surface area contributed by atoms with Crippen molar-refractivity contribution in [1.82, 2.24) is 10.3 Å². The van der Waals surface area contributed by atoms with E-state index in [1.54, 1.807) is 0 Å².